The molecule has 35 heavy (non-hydrogen) atoms. The maximum absolute atomic E-state index is 13.6. The molecule has 1 atom stereocenters. The molecule has 0 spiro atoms. The Balaban J connectivity index is 2.45. The van der Waals surface area contributed by atoms with Gasteiger partial charge in [-0.15, -0.1) is 0 Å². The number of halogens is 2. The number of carbonyl (C=O) groups is 2. The van der Waals surface area contributed by atoms with Gasteiger partial charge in [0.25, 0.3) is 0 Å². The monoisotopic (exact) mass is 541 g/mol. The molecule has 7 nitrogen and oxygen atoms in total. The molecule has 0 saturated carbocycles. The van der Waals surface area contributed by atoms with Gasteiger partial charge in [-0.25, -0.2) is 8.42 Å². The molecule has 2 amide bonds. The zero-order valence-electron chi connectivity index (χ0n) is 20.9. The third-order valence-corrected chi connectivity index (χ3v) is 7.55. The fraction of sp³-hybridized carbons (Fsp3) is 0.440. The number of hydrogen-bond acceptors (Lipinski definition) is 4. The van der Waals surface area contributed by atoms with Gasteiger partial charge in [-0.1, -0.05) is 69.1 Å². The molecule has 0 bridgehead atoms. The summed E-state index contributed by atoms with van der Waals surface area (Å²) in [5, 5.41) is 3.27. The molecule has 2 aromatic carbocycles. The van der Waals surface area contributed by atoms with E-state index < -0.39 is 28.5 Å². The Hall–Kier alpha value is -2.29. The predicted molar refractivity (Wildman–Crippen MR) is 142 cm³/mol. The van der Waals surface area contributed by atoms with Crippen LogP contribution < -0.4 is 9.62 Å². The van der Waals surface area contributed by atoms with Crippen molar-refractivity contribution in [1.82, 2.24) is 10.2 Å². The number of hydrogen-bond donors (Lipinski definition) is 1. The molecule has 1 unspecified atom stereocenters. The fourth-order valence-electron chi connectivity index (χ4n) is 3.66. The molecule has 0 heterocycles. The maximum atomic E-state index is 13.6. The molecule has 2 rings (SSSR count). The average Bonchev–Trinajstić information content (AvgIpc) is 2.78. The number of nitrogens with one attached hydrogen (secondary N) is 1. The summed E-state index contributed by atoms with van der Waals surface area (Å²) in [6.07, 6.45) is 1.39. The molecular formula is C25H33Cl2N3O4S. The molecule has 192 valence electrons. The molecule has 0 aliphatic heterocycles. The highest BCUT2D eigenvalue weighted by atomic mass is 35.5. The van der Waals surface area contributed by atoms with Crippen LogP contribution in [0.25, 0.3) is 0 Å². The minimum atomic E-state index is -3.79. The van der Waals surface area contributed by atoms with Gasteiger partial charge in [-0.05, 0) is 47.2 Å². The minimum Gasteiger partial charge on any atom is -0.357 e. The number of carbonyl (C=O) groups excluding carboxylic acids is 2. The first-order valence-corrected chi connectivity index (χ1v) is 13.8. The number of anilines is 1. The van der Waals surface area contributed by atoms with Crippen molar-refractivity contribution in [3.05, 3.63) is 63.6 Å². The number of rotatable bonds is 9. The van der Waals surface area contributed by atoms with Crippen molar-refractivity contribution in [3.63, 3.8) is 0 Å². The van der Waals surface area contributed by atoms with Crippen LogP contribution in [0.1, 0.15) is 45.2 Å². The first-order chi connectivity index (χ1) is 16.2. The first-order valence-electron chi connectivity index (χ1n) is 11.2. The topological polar surface area (TPSA) is 86.8 Å². The van der Waals surface area contributed by atoms with Gasteiger partial charge < -0.3 is 10.2 Å². The molecule has 10 heteroatoms. The van der Waals surface area contributed by atoms with Crippen LogP contribution in [0.4, 0.5) is 5.69 Å². The van der Waals surface area contributed by atoms with Crippen LogP contribution >= 0.6 is 23.2 Å². The van der Waals surface area contributed by atoms with E-state index in [1.807, 2.05) is 12.1 Å². The third-order valence-electron chi connectivity index (χ3n) is 5.67. The molecule has 0 aliphatic carbocycles. The molecule has 0 saturated heterocycles. The Bertz CT molecular complexity index is 1160. The Kier molecular flexibility index (Phi) is 9.62. The second-order valence-corrected chi connectivity index (χ2v) is 12.1. The second-order valence-electron chi connectivity index (χ2n) is 9.37. The number of benzene rings is 2. The van der Waals surface area contributed by atoms with E-state index in [2.05, 4.69) is 26.1 Å². The molecule has 2 aromatic rings. The zero-order valence-corrected chi connectivity index (χ0v) is 23.3. The first kappa shape index (κ1) is 28.9. The van der Waals surface area contributed by atoms with Gasteiger partial charge in [-0.2, -0.15) is 0 Å². The van der Waals surface area contributed by atoms with E-state index in [9.17, 15) is 18.0 Å². The van der Waals surface area contributed by atoms with Crippen molar-refractivity contribution in [1.29, 1.82) is 0 Å². The summed E-state index contributed by atoms with van der Waals surface area (Å²) in [7, 11) is -2.30. The molecule has 0 aliphatic rings. The van der Waals surface area contributed by atoms with Crippen molar-refractivity contribution in [2.75, 3.05) is 24.2 Å². The van der Waals surface area contributed by atoms with E-state index in [1.165, 1.54) is 11.9 Å². The fourth-order valence-corrected chi connectivity index (χ4v) is 4.83. The average molecular weight is 543 g/mol. The minimum absolute atomic E-state index is 0.0578. The van der Waals surface area contributed by atoms with E-state index in [0.29, 0.717) is 27.7 Å². The van der Waals surface area contributed by atoms with Crippen LogP contribution in [0.3, 0.4) is 0 Å². The predicted octanol–water partition coefficient (Wildman–Crippen LogP) is 4.61. The van der Waals surface area contributed by atoms with E-state index in [-0.39, 0.29) is 17.9 Å². The van der Waals surface area contributed by atoms with Crippen LogP contribution in [0.5, 0.6) is 0 Å². The summed E-state index contributed by atoms with van der Waals surface area (Å²) in [6, 6.07) is 11.2. The van der Waals surface area contributed by atoms with E-state index in [1.54, 1.807) is 37.3 Å². The van der Waals surface area contributed by atoms with Crippen LogP contribution in [-0.2, 0) is 31.6 Å². The number of amides is 2. The van der Waals surface area contributed by atoms with Gasteiger partial charge in [0.2, 0.25) is 21.8 Å². The van der Waals surface area contributed by atoms with Gasteiger partial charge >= 0.3 is 0 Å². The lowest BCUT2D eigenvalue weighted by atomic mass is 9.87. The van der Waals surface area contributed by atoms with Crippen molar-refractivity contribution < 1.29 is 18.0 Å². The highest BCUT2D eigenvalue weighted by molar-refractivity contribution is 7.92. The zero-order chi connectivity index (χ0) is 26.6. The van der Waals surface area contributed by atoms with Crippen LogP contribution in [-0.4, -0.2) is 51.0 Å². The highest BCUT2D eigenvalue weighted by Gasteiger charge is 2.31. The number of nitrogens with zero attached hydrogens (tertiary/aromatic N) is 2. The standard InChI is InChI=1S/C25H33Cl2N3O4S/c1-7-22(24(32)28-5)29(15-17-8-13-20(26)21(27)14-17)23(31)16-30(35(6,33)34)19-11-9-18(10-12-19)25(2,3)4/h8-14,22H,7,15-16H2,1-6H3,(H,28,32). The summed E-state index contributed by atoms with van der Waals surface area (Å²) >= 11 is 12.2. The van der Waals surface area contributed by atoms with Gasteiger partial charge in [0.1, 0.15) is 12.6 Å². The summed E-state index contributed by atoms with van der Waals surface area (Å²) in [6.45, 7) is 7.57. The van der Waals surface area contributed by atoms with Crippen molar-refractivity contribution in [2.24, 2.45) is 0 Å². The molecular weight excluding hydrogens is 509 g/mol. The van der Waals surface area contributed by atoms with Crippen molar-refractivity contribution in [3.8, 4) is 0 Å². The van der Waals surface area contributed by atoms with Gasteiger partial charge in [0, 0.05) is 13.6 Å². The van der Waals surface area contributed by atoms with E-state index in [0.717, 1.165) is 16.1 Å². The molecule has 0 aromatic heterocycles. The van der Waals surface area contributed by atoms with Gasteiger partial charge in [0.05, 0.1) is 22.0 Å². The van der Waals surface area contributed by atoms with E-state index in [4.69, 9.17) is 23.2 Å². The lowest BCUT2D eigenvalue weighted by Gasteiger charge is -2.32. The van der Waals surface area contributed by atoms with Crippen LogP contribution in [0.2, 0.25) is 10.0 Å². The Morgan fingerprint density at radius 1 is 1.03 bits per heavy atom. The quantitative estimate of drug-likeness (QED) is 0.502. The van der Waals surface area contributed by atoms with Crippen LogP contribution in [0.15, 0.2) is 42.5 Å². The summed E-state index contributed by atoms with van der Waals surface area (Å²) in [5.41, 5.74) is 1.96. The van der Waals surface area contributed by atoms with E-state index >= 15 is 0 Å². The molecule has 0 radical (unpaired) electrons. The highest BCUT2D eigenvalue weighted by Crippen LogP contribution is 2.27. The Morgan fingerprint density at radius 3 is 2.09 bits per heavy atom. The van der Waals surface area contributed by atoms with Crippen molar-refractivity contribution >= 4 is 50.7 Å². The lowest BCUT2D eigenvalue weighted by molar-refractivity contribution is -0.140. The normalized spacial score (nSPS) is 12.7. The van der Waals surface area contributed by atoms with Gasteiger partial charge in [0.15, 0.2) is 0 Å². The van der Waals surface area contributed by atoms with Gasteiger partial charge in [-0.3, -0.25) is 13.9 Å². The summed E-state index contributed by atoms with van der Waals surface area (Å²) in [4.78, 5) is 27.5. The second kappa shape index (κ2) is 11.6. The largest absolute Gasteiger partial charge is 0.357 e. The summed E-state index contributed by atoms with van der Waals surface area (Å²) in [5.74, 6) is -0.863. The Morgan fingerprint density at radius 2 is 1.63 bits per heavy atom. The maximum Gasteiger partial charge on any atom is 0.244 e. The SMILES string of the molecule is CCC(C(=O)NC)N(Cc1ccc(Cl)c(Cl)c1)C(=O)CN(c1ccc(C(C)(C)C)cc1)S(C)(=O)=O. The number of sulfonamides is 1. The summed E-state index contributed by atoms with van der Waals surface area (Å²) < 4.78 is 26.4. The smallest absolute Gasteiger partial charge is 0.244 e. The number of likely N-dealkylation sites (N-methyl/N-ethyl adjacent to an activating group) is 1. The lowest BCUT2D eigenvalue weighted by Crippen LogP contribution is -2.51. The molecule has 0 fully saturated rings. The third kappa shape index (κ3) is 7.59. The molecule has 1 N–H and O–H groups in total. The van der Waals surface area contributed by atoms with Crippen molar-refractivity contribution in [2.45, 2.75) is 52.1 Å². The Labute approximate surface area is 218 Å². The van der Waals surface area contributed by atoms with Crippen LogP contribution in [0, 0.1) is 0 Å².